The number of nitrogens with two attached hydrogens (primary N) is 1. The highest BCUT2D eigenvalue weighted by Gasteiger charge is 2.10. The molecule has 0 unspecified atom stereocenters. The molecular formula is C15H15NO2. The molecule has 0 aliphatic carbocycles. The summed E-state index contributed by atoms with van der Waals surface area (Å²) < 4.78 is 4.77. The molecule has 2 aromatic rings. The fraction of sp³-hybridized carbons (Fsp3) is 0.133. The lowest BCUT2D eigenvalue weighted by Crippen LogP contribution is -2.03. The largest absolute Gasteiger partial charge is 0.465 e. The van der Waals surface area contributed by atoms with Gasteiger partial charge in [-0.3, -0.25) is 0 Å². The number of rotatable bonds is 2. The summed E-state index contributed by atoms with van der Waals surface area (Å²) in [4.78, 5) is 11.6. The Labute approximate surface area is 106 Å². The van der Waals surface area contributed by atoms with Crippen molar-refractivity contribution in [3.8, 4) is 11.1 Å². The topological polar surface area (TPSA) is 52.3 Å². The maximum atomic E-state index is 11.6. The van der Waals surface area contributed by atoms with E-state index in [0.29, 0.717) is 11.3 Å². The fourth-order valence-electron chi connectivity index (χ4n) is 1.85. The Kier molecular flexibility index (Phi) is 3.33. The van der Waals surface area contributed by atoms with Gasteiger partial charge in [-0.15, -0.1) is 0 Å². The number of methoxy groups -OCH3 is 1. The molecule has 3 nitrogen and oxygen atoms in total. The molecule has 2 rings (SSSR count). The minimum Gasteiger partial charge on any atom is -0.465 e. The molecule has 3 heteroatoms. The predicted octanol–water partition coefficient (Wildman–Crippen LogP) is 3.03. The van der Waals surface area contributed by atoms with Gasteiger partial charge in [-0.2, -0.15) is 0 Å². The summed E-state index contributed by atoms with van der Waals surface area (Å²) in [5, 5.41) is 0. The quantitative estimate of drug-likeness (QED) is 0.649. The van der Waals surface area contributed by atoms with Crippen LogP contribution in [-0.2, 0) is 4.74 Å². The highest BCUT2D eigenvalue weighted by Crippen LogP contribution is 2.24. The Bertz CT molecular complexity index is 591. The summed E-state index contributed by atoms with van der Waals surface area (Å²) in [6.07, 6.45) is 0. The number of hydrogen-bond donors (Lipinski definition) is 1. The maximum Gasteiger partial charge on any atom is 0.338 e. The number of ether oxygens (including phenoxy) is 1. The van der Waals surface area contributed by atoms with Crippen LogP contribution in [0.3, 0.4) is 0 Å². The van der Waals surface area contributed by atoms with Crippen LogP contribution in [0.15, 0.2) is 42.5 Å². The van der Waals surface area contributed by atoms with Gasteiger partial charge in [0.2, 0.25) is 0 Å². The summed E-state index contributed by atoms with van der Waals surface area (Å²) >= 11 is 0. The molecule has 0 saturated carbocycles. The van der Waals surface area contributed by atoms with Crippen LogP contribution in [0.4, 0.5) is 5.69 Å². The number of carbonyl (C=O) groups excluding carboxylic acids is 1. The summed E-state index contributed by atoms with van der Waals surface area (Å²) in [7, 11) is 1.38. The van der Waals surface area contributed by atoms with E-state index < -0.39 is 0 Å². The standard InChI is InChI=1S/C15H15NO2/c1-10-6-7-12(9-14(10)15(17)18-2)11-4-3-5-13(16)8-11/h3-9H,16H2,1-2H3. The molecule has 0 radical (unpaired) electrons. The molecule has 0 atom stereocenters. The van der Waals surface area contributed by atoms with Gasteiger partial charge in [-0.05, 0) is 41.8 Å². The number of carbonyl (C=O) groups is 1. The first-order valence-electron chi connectivity index (χ1n) is 5.66. The average Bonchev–Trinajstić information content (AvgIpc) is 2.38. The van der Waals surface area contributed by atoms with Crippen molar-refractivity contribution in [2.75, 3.05) is 12.8 Å². The molecule has 0 fully saturated rings. The van der Waals surface area contributed by atoms with Gasteiger partial charge in [-0.1, -0.05) is 24.3 Å². The van der Waals surface area contributed by atoms with Crippen LogP contribution in [0.2, 0.25) is 0 Å². The van der Waals surface area contributed by atoms with Crippen molar-refractivity contribution in [1.29, 1.82) is 0 Å². The number of hydrogen-bond acceptors (Lipinski definition) is 3. The van der Waals surface area contributed by atoms with Crippen molar-refractivity contribution in [3.63, 3.8) is 0 Å². The van der Waals surface area contributed by atoms with Crippen molar-refractivity contribution >= 4 is 11.7 Å². The second kappa shape index (κ2) is 4.92. The minimum absolute atomic E-state index is 0.321. The van der Waals surface area contributed by atoms with Crippen molar-refractivity contribution < 1.29 is 9.53 Å². The van der Waals surface area contributed by atoms with E-state index in [1.165, 1.54) is 7.11 Å². The highest BCUT2D eigenvalue weighted by atomic mass is 16.5. The van der Waals surface area contributed by atoms with Crippen LogP contribution in [0.1, 0.15) is 15.9 Å². The Balaban J connectivity index is 2.50. The van der Waals surface area contributed by atoms with Crippen molar-refractivity contribution in [2.45, 2.75) is 6.92 Å². The molecule has 0 spiro atoms. The first kappa shape index (κ1) is 12.2. The summed E-state index contributed by atoms with van der Waals surface area (Å²) in [6.45, 7) is 1.88. The van der Waals surface area contributed by atoms with Crippen molar-refractivity contribution in [1.82, 2.24) is 0 Å². The van der Waals surface area contributed by atoms with Crippen LogP contribution >= 0.6 is 0 Å². The predicted molar refractivity (Wildman–Crippen MR) is 72.4 cm³/mol. The minimum atomic E-state index is -0.321. The number of benzene rings is 2. The smallest absolute Gasteiger partial charge is 0.338 e. The SMILES string of the molecule is COC(=O)c1cc(-c2cccc(N)c2)ccc1C. The van der Waals surface area contributed by atoms with Gasteiger partial charge in [-0.25, -0.2) is 4.79 Å². The molecule has 0 heterocycles. The van der Waals surface area contributed by atoms with Gasteiger partial charge in [0, 0.05) is 5.69 Å². The third-order valence-electron chi connectivity index (χ3n) is 2.86. The maximum absolute atomic E-state index is 11.6. The van der Waals surface area contributed by atoms with E-state index in [2.05, 4.69) is 0 Å². The summed E-state index contributed by atoms with van der Waals surface area (Å²) in [5.74, 6) is -0.321. The zero-order valence-corrected chi connectivity index (χ0v) is 10.4. The molecule has 18 heavy (non-hydrogen) atoms. The van der Waals surface area contributed by atoms with Crippen LogP contribution in [0.5, 0.6) is 0 Å². The molecular weight excluding hydrogens is 226 g/mol. The van der Waals surface area contributed by atoms with E-state index in [1.807, 2.05) is 49.4 Å². The van der Waals surface area contributed by atoms with Crippen molar-refractivity contribution in [3.05, 3.63) is 53.6 Å². The zero-order valence-electron chi connectivity index (χ0n) is 10.4. The number of nitrogen functional groups attached to an aromatic ring is 1. The first-order chi connectivity index (χ1) is 8.61. The number of esters is 1. The Morgan fingerprint density at radius 2 is 1.83 bits per heavy atom. The second-order valence-electron chi connectivity index (χ2n) is 4.15. The molecule has 0 amide bonds. The monoisotopic (exact) mass is 241 g/mol. The van der Waals surface area contributed by atoms with Gasteiger partial charge in [0.1, 0.15) is 0 Å². The molecule has 0 aliphatic heterocycles. The zero-order chi connectivity index (χ0) is 13.1. The molecule has 2 aromatic carbocycles. The molecule has 0 aromatic heterocycles. The molecule has 0 bridgehead atoms. The van der Waals surface area contributed by atoms with Gasteiger partial charge >= 0.3 is 5.97 Å². The highest BCUT2D eigenvalue weighted by molar-refractivity contribution is 5.92. The molecule has 0 aliphatic rings. The summed E-state index contributed by atoms with van der Waals surface area (Å²) in [6, 6.07) is 13.3. The second-order valence-corrected chi connectivity index (χ2v) is 4.15. The lowest BCUT2D eigenvalue weighted by Gasteiger charge is -2.08. The number of aryl methyl sites for hydroxylation is 1. The van der Waals surface area contributed by atoms with Gasteiger partial charge in [0.15, 0.2) is 0 Å². The Morgan fingerprint density at radius 1 is 1.11 bits per heavy atom. The van der Waals surface area contributed by atoms with Crippen LogP contribution in [0.25, 0.3) is 11.1 Å². The van der Waals surface area contributed by atoms with Gasteiger partial charge < -0.3 is 10.5 Å². The normalized spacial score (nSPS) is 10.1. The van der Waals surface area contributed by atoms with Crippen LogP contribution < -0.4 is 5.73 Å². The third-order valence-corrected chi connectivity index (χ3v) is 2.86. The average molecular weight is 241 g/mol. The van der Waals surface area contributed by atoms with E-state index in [-0.39, 0.29) is 5.97 Å². The van der Waals surface area contributed by atoms with E-state index in [9.17, 15) is 4.79 Å². The van der Waals surface area contributed by atoms with Gasteiger partial charge in [0.25, 0.3) is 0 Å². The van der Waals surface area contributed by atoms with E-state index in [1.54, 1.807) is 0 Å². The first-order valence-corrected chi connectivity index (χ1v) is 5.66. The lowest BCUT2D eigenvalue weighted by molar-refractivity contribution is 0.0600. The fourth-order valence-corrected chi connectivity index (χ4v) is 1.85. The third kappa shape index (κ3) is 2.35. The summed E-state index contributed by atoms with van der Waals surface area (Å²) in [5.41, 5.74) is 9.88. The van der Waals surface area contributed by atoms with E-state index in [0.717, 1.165) is 16.7 Å². The van der Waals surface area contributed by atoms with Crippen molar-refractivity contribution in [2.24, 2.45) is 0 Å². The Hall–Kier alpha value is -2.29. The lowest BCUT2D eigenvalue weighted by atomic mass is 9.99. The van der Waals surface area contributed by atoms with E-state index in [4.69, 9.17) is 10.5 Å². The molecule has 92 valence electrons. The molecule has 2 N–H and O–H groups in total. The Morgan fingerprint density at radius 3 is 2.50 bits per heavy atom. The molecule has 0 saturated heterocycles. The van der Waals surface area contributed by atoms with Crippen LogP contribution in [0, 0.1) is 6.92 Å². The number of anilines is 1. The van der Waals surface area contributed by atoms with Gasteiger partial charge in [0.05, 0.1) is 12.7 Å². The van der Waals surface area contributed by atoms with E-state index >= 15 is 0 Å². The van der Waals surface area contributed by atoms with Crippen LogP contribution in [-0.4, -0.2) is 13.1 Å².